The number of ether oxygens (including phenoxy) is 1. The zero-order chi connectivity index (χ0) is 8.20. The molecule has 0 unspecified atom stereocenters. The lowest BCUT2D eigenvalue weighted by molar-refractivity contribution is -0.138. The van der Waals surface area contributed by atoms with Crippen LogP contribution in [0.1, 0.15) is 34.1 Å². The van der Waals surface area contributed by atoms with Gasteiger partial charge in [-0.1, -0.05) is 6.92 Å². The fourth-order valence-corrected chi connectivity index (χ4v) is 0.459. The molecule has 0 aromatic carbocycles. The number of hydrogen-bond donors (Lipinski definition) is 0. The van der Waals surface area contributed by atoms with Crippen molar-refractivity contribution in [3.8, 4) is 0 Å². The summed E-state index contributed by atoms with van der Waals surface area (Å²) in [5.74, 6) is 0.0842. The average molecular weight is 144 g/mol. The van der Waals surface area contributed by atoms with Crippen LogP contribution in [0.4, 0.5) is 0 Å². The van der Waals surface area contributed by atoms with E-state index < -0.39 is 5.60 Å². The molecule has 10 heavy (non-hydrogen) atoms. The Morgan fingerprint density at radius 2 is 2.00 bits per heavy atom. The number of carbonyl (C=O) groups is 1. The van der Waals surface area contributed by atoms with E-state index in [2.05, 4.69) is 0 Å². The van der Waals surface area contributed by atoms with Gasteiger partial charge in [-0.05, 0) is 27.2 Å². The van der Waals surface area contributed by atoms with E-state index in [-0.39, 0.29) is 5.78 Å². The lowest BCUT2D eigenvalue weighted by atomic mass is 10.1. The van der Waals surface area contributed by atoms with Crippen LogP contribution in [-0.4, -0.2) is 18.0 Å². The largest absolute Gasteiger partial charge is 0.368 e. The summed E-state index contributed by atoms with van der Waals surface area (Å²) in [5, 5.41) is 0. The van der Waals surface area contributed by atoms with Gasteiger partial charge in [-0.15, -0.1) is 0 Å². The van der Waals surface area contributed by atoms with E-state index in [9.17, 15) is 4.79 Å². The van der Waals surface area contributed by atoms with E-state index in [0.717, 1.165) is 6.42 Å². The second-order valence-corrected chi connectivity index (χ2v) is 2.91. The van der Waals surface area contributed by atoms with Crippen LogP contribution in [0.2, 0.25) is 0 Å². The summed E-state index contributed by atoms with van der Waals surface area (Å²) in [6.07, 6.45) is 0.955. The Bertz CT molecular complexity index is 116. The van der Waals surface area contributed by atoms with Crippen LogP contribution in [0.3, 0.4) is 0 Å². The van der Waals surface area contributed by atoms with Crippen molar-refractivity contribution in [1.82, 2.24) is 0 Å². The molecule has 0 heterocycles. The smallest absolute Gasteiger partial charge is 0.160 e. The highest BCUT2D eigenvalue weighted by Crippen LogP contribution is 2.09. The summed E-state index contributed by atoms with van der Waals surface area (Å²) in [4.78, 5) is 10.8. The maximum absolute atomic E-state index is 10.8. The third-order valence-corrected chi connectivity index (χ3v) is 1.51. The molecule has 0 amide bonds. The zero-order valence-corrected chi connectivity index (χ0v) is 7.23. The molecule has 2 nitrogen and oxygen atoms in total. The summed E-state index contributed by atoms with van der Waals surface area (Å²) in [7, 11) is 0. The molecule has 0 aromatic heterocycles. The quantitative estimate of drug-likeness (QED) is 0.601. The topological polar surface area (TPSA) is 26.3 Å². The molecule has 0 saturated heterocycles. The van der Waals surface area contributed by atoms with Crippen molar-refractivity contribution >= 4 is 5.78 Å². The highest BCUT2D eigenvalue weighted by Gasteiger charge is 2.23. The predicted octanol–water partition coefficient (Wildman–Crippen LogP) is 1.78. The third-order valence-electron chi connectivity index (χ3n) is 1.51. The van der Waals surface area contributed by atoms with Crippen molar-refractivity contribution in [2.24, 2.45) is 0 Å². The van der Waals surface area contributed by atoms with Crippen LogP contribution in [0, 0.1) is 0 Å². The molecule has 0 rings (SSSR count). The van der Waals surface area contributed by atoms with E-state index >= 15 is 0 Å². The number of ketones is 1. The van der Waals surface area contributed by atoms with E-state index in [4.69, 9.17) is 4.74 Å². The molecule has 0 radical (unpaired) electrons. The molecular formula is C8H16O2. The van der Waals surface area contributed by atoms with Gasteiger partial charge in [0, 0.05) is 6.61 Å². The maximum Gasteiger partial charge on any atom is 0.160 e. The third kappa shape index (κ3) is 2.97. The molecule has 0 atom stereocenters. The highest BCUT2D eigenvalue weighted by atomic mass is 16.5. The minimum atomic E-state index is -0.587. The standard InChI is InChI=1S/C8H16O2/c1-5-6-10-8(3,4)7(2)9/h5-6H2,1-4H3. The minimum Gasteiger partial charge on any atom is -0.368 e. The first-order valence-corrected chi connectivity index (χ1v) is 3.65. The molecule has 0 aliphatic heterocycles. The Balaban J connectivity index is 3.75. The Hall–Kier alpha value is -0.370. The van der Waals surface area contributed by atoms with Crippen molar-refractivity contribution in [2.45, 2.75) is 39.7 Å². The second-order valence-electron chi connectivity index (χ2n) is 2.91. The van der Waals surface area contributed by atoms with Crippen LogP contribution in [0.25, 0.3) is 0 Å². The molecule has 60 valence electrons. The van der Waals surface area contributed by atoms with Crippen molar-refractivity contribution < 1.29 is 9.53 Å². The Morgan fingerprint density at radius 1 is 1.50 bits per heavy atom. The molecule has 0 bridgehead atoms. The molecule has 0 spiro atoms. The maximum atomic E-state index is 10.8. The molecule has 2 heteroatoms. The zero-order valence-electron chi connectivity index (χ0n) is 7.23. The fourth-order valence-electron chi connectivity index (χ4n) is 0.459. The highest BCUT2D eigenvalue weighted by molar-refractivity contribution is 5.83. The van der Waals surface area contributed by atoms with E-state index in [1.165, 1.54) is 0 Å². The minimum absolute atomic E-state index is 0.0842. The SMILES string of the molecule is CCCOC(C)(C)C(C)=O. The van der Waals surface area contributed by atoms with E-state index in [0.29, 0.717) is 6.61 Å². The summed E-state index contributed by atoms with van der Waals surface area (Å²) >= 11 is 0. The molecule has 0 aliphatic carbocycles. The monoisotopic (exact) mass is 144 g/mol. The van der Waals surface area contributed by atoms with Gasteiger partial charge in [0.05, 0.1) is 0 Å². The molecule has 0 N–H and O–H groups in total. The molecular weight excluding hydrogens is 128 g/mol. The fraction of sp³-hybridized carbons (Fsp3) is 0.875. The normalized spacial score (nSPS) is 11.6. The second kappa shape index (κ2) is 3.71. The van der Waals surface area contributed by atoms with Crippen molar-refractivity contribution in [3.63, 3.8) is 0 Å². The number of rotatable bonds is 4. The number of hydrogen-bond acceptors (Lipinski definition) is 2. The van der Waals surface area contributed by atoms with Gasteiger partial charge in [0.15, 0.2) is 5.78 Å². The van der Waals surface area contributed by atoms with Gasteiger partial charge in [-0.25, -0.2) is 0 Å². The summed E-state index contributed by atoms with van der Waals surface area (Å²) in [6, 6.07) is 0. The summed E-state index contributed by atoms with van der Waals surface area (Å²) in [5.41, 5.74) is -0.587. The van der Waals surface area contributed by atoms with Gasteiger partial charge in [0.2, 0.25) is 0 Å². The Morgan fingerprint density at radius 3 is 2.30 bits per heavy atom. The van der Waals surface area contributed by atoms with Gasteiger partial charge in [-0.3, -0.25) is 4.79 Å². The molecule has 0 aromatic rings. The number of Topliss-reactive ketones (excluding diaryl/α,β-unsaturated/α-hetero) is 1. The average Bonchev–Trinajstić information content (AvgIpc) is 1.84. The lowest BCUT2D eigenvalue weighted by Gasteiger charge is -2.21. The Kier molecular flexibility index (Phi) is 3.58. The van der Waals surface area contributed by atoms with Gasteiger partial charge >= 0.3 is 0 Å². The lowest BCUT2D eigenvalue weighted by Crippen LogP contribution is -2.33. The summed E-state index contributed by atoms with van der Waals surface area (Å²) in [6.45, 7) is 7.83. The first-order chi connectivity index (χ1) is 4.50. The van der Waals surface area contributed by atoms with Crippen LogP contribution >= 0.6 is 0 Å². The van der Waals surface area contributed by atoms with Crippen molar-refractivity contribution in [2.75, 3.05) is 6.61 Å². The summed E-state index contributed by atoms with van der Waals surface area (Å²) < 4.78 is 5.29. The van der Waals surface area contributed by atoms with Crippen molar-refractivity contribution in [1.29, 1.82) is 0 Å². The molecule has 0 fully saturated rings. The van der Waals surface area contributed by atoms with Crippen LogP contribution in [0.5, 0.6) is 0 Å². The van der Waals surface area contributed by atoms with Gasteiger partial charge in [-0.2, -0.15) is 0 Å². The van der Waals surface area contributed by atoms with Gasteiger partial charge < -0.3 is 4.74 Å². The molecule has 0 aliphatic rings. The molecule has 0 saturated carbocycles. The van der Waals surface area contributed by atoms with Crippen LogP contribution in [0.15, 0.2) is 0 Å². The van der Waals surface area contributed by atoms with E-state index in [1.807, 2.05) is 6.92 Å². The predicted molar refractivity (Wildman–Crippen MR) is 41.0 cm³/mol. The van der Waals surface area contributed by atoms with Crippen molar-refractivity contribution in [3.05, 3.63) is 0 Å². The van der Waals surface area contributed by atoms with Crippen LogP contribution < -0.4 is 0 Å². The first kappa shape index (κ1) is 9.63. The number of carbonyl (C=O) groups excluding carboxylic acids is 1. The van der Waals surface area contributed by atoms with E-state index in [1.54, 1.807) is 20.8 Å². The van der Waals surface area contributed by atoms with Gasteiger partial charge in [0.1, 0.15) is 5.60 Å². The first-order valence-electron chi connectivity index (χ1n) is 3.65. The Labute approximate surface area is 62.6 Å². The van der Waals surface area contributed by atoms with Crippen LogP contribution in [-0.2, 0) is 9.53 Å². The van der Waals surface area contributed by atoms with Gasteiger partial charge in [0.25, 0.3) is 0 Å².